The molecule has 25 heteroatoms. The first kappa shape index (κ1) is 67.2. The van der Waals surface area contributed by atoms with E-state index in [2.05, 4.69) is 61.8 Å². The van der Waals surface area contributed by atoms with Gasteiger partial charge < -0.3 is 46.1 Å². The predicted octanol–water partition coefficient (Wildman–Crippen LogP) is 10.2. The highest BCUT2D eigenvalue weighted by Crippen LogP contribution is 2.33. The molecule has 6 atom stereocenters. The molecule has 10 rings (SSSR count). The largest absolute Gasteiger partial charge is 0.444 e. The van der Waals surface area contributed by atoms with Crippen molar-refractivity contribution >= 4 is 109 Å². The third-order valence-corrected chi connectivity index (χ3v) is 17.7. The van der Waals surface area contributed by atoms with Gasteiger partial charge in [0.2, 0.25) is 0 Å². The van der Waals surface area contributed by atoms with E-state index in [0.717, 1.165) is 79.0 Å². The molecule has 0 spiro atoms. The Morgan fingerprint density at radius 2 is 1.15 bits per heavy atom. The van der Waals surface area contributed by atoms with Crippen LogP contribution >= 0.6 is 73.5 Å². The lowest BCUT2D eigenvalue weighted by Gasteiger charge is -2.24. The molecule has 0 radical (unpaired) electrons. The normalized spacial score (nSPS) is 20.6. The summed E-state index contributed by atoms with van der Waals surface area (Å²) < 4.78 is 13.6. The lowest BCUT2D eigenvalue weighted by atomic mass is 10.0. The van der Waals surface area contributed by atoms with Gasteiger partial charge in [-0.3, -0.25) is 4.90 Å². The van der Waals surface area contributed by atoms with Gasteiger partial charge in [0.05, 0.1) is 42.8 Å². The van der Waals surface area contributed by atoms with E-state index in [1.54, 1.807) is 79.7 Å². The van der Waals surface area contributed by atoms with Gasteiger partial charge in [-0.05, 0) is 88.4 Å². The lowest BCUT2D eigenvalue weighted by molar-refractivity contribution is 0.0261. The zero-order chi connectivity index (χ0) is 58.3. The first-order chi connectivity index (χ1) is 37.7. The number of rotatable bonds is 9. The number of carbonyl (C=O) groups excluding carboxylic acids is 2. The van der Waals surface area contributed by atoms with E-state index in [9.17, 15) is 24.9 Å². The number of allylic oxidation sites excluding steroid dienone is 2. The third-order valence-electron chi connectivity index (χ3n) is 12.0. The fraction of sp³-hybridized carbons (Fsp3) is 0.574. The molecule has 0 unspecified atom stereocenters. The minimum Gasteiger partial charge on any atom is -0.444 e. The van der Waals surface area contributed by atoms with Crippen LogP contribution in [0.5, 0.6) is 0 Å². The van der Waals surface area contributed by atoms with E-state index in [1.165, 1.54) is 18.2 Å². The topological polar surface area (TPSA) is 265 Å². The summed E-state index contributed by atoms with van der Waals surface area (Å²) in [6, 6.07) is 0. The zero-order valence-corrected chi connectivity index (χ0v) is 53.0. The molecule has 3 saturated heterocycles. The quantitative estimate of drug-likeness (QED) is 0.0859. The Kier molecular flexibility index (Phi) is 28.6. The van der Waals surface area contributed by atoms with Crippen LogP contribution in [0.4, 0.5) is 21.2 Å². The molecule has 0 bridgehead atoms. The van der Waals surface area contributed by atoms with Gasteiger partial charge in [0.25, 0.3) is 0 Å². The van der Waals surface area contributed by atoms with Crippen molar-refractivity contribution in [2.75, 3.05) is 68.8 Å². The molecule has 0 aromatic carbocycles. The number of fused-ring (bicyclic) bond motifs is 2. The number of aliphatic hydroxyl groups is 3. The van der Waals surface area contributed by atoms with Crippen molar-refractivity contribution in [2.24, 2.45) is 17.8 Å². The summed E-state index contributed by atoms with van der Waals surface area (Å²) >= 11 is 11.4. The zero-order valence-electron chi connectivity index (χ0n) is 47.3. The SMILES string of the molecule is Brc1nccs1.CC.CC.CC(C)(C)OC(=O)N1C[C@H](CSc2nccs2)[C@@H](O)C1.CC[C@H]1CN(C(=O)OC(C)(C)C)C[C@@H]1O.Nc1ncnc2c1CC=C2.Nc1ncnc2c1CC=C2CN1C[C@H](CSc2nccs2)[C@@H](O)C1. The first-order valence-corrected chi connectivity index (χ1v) is 31.9. The van der Waals surface area contributed by atoms with Crippen LogP contribution in [-0.4, -0.2) is 164 Å². The van der Waals surface area contributed by atoms with Gasteiger partial charge in [0.15, 0.2) is 3.92 Å². The van der Waals surface area contributed by atoms with Crippen molar-refractivity contribution in [3.63, 3.8) is 0 Å². The number of aromatic nitrogens is 7. The molecule has 5 aromatic heterocycles. The van der Waals surface area contributed by atoms with E-state index in [0.29, 0.717) is 44.4 Å². The van der Waals surface area contributed by atoms with Gasteiger partial charge in [-0.25, -0.2) is 44.5 Å². The number of anilines is 2. The second kappa shape index (κ2) is 33.6. The van der Waals surface area contributed by atoms with Crippen molar-refractivity contribution < 1.29 is 34.4 Å². The number of nitrogen functional groups attached to an aromatic ring is 2. The smallest absolute Gasteiger partial charge is 0.410 e. The summed E-state index contributed by atoms with van der Waals surface area (Å²) in [5, 5.41) is 35.9. The van der Waals surface area contributed by atoms with E-state index in [1.807, 2.05) is 111 Å². The number of β-amino-alcohol motifs (C(OH)–C–C–N with tert-alkyl or cyclic N) is 3. The maximum absolute atomic E-state index is 12.0. The number of hydrogen-bond acceptors (Lipinski definition) is 22. The number of ether oxygens (including phenoxy) is 2. The highest BCUT2D eigenvalue weighted by atomic mass is 79.9. The second-order valence-corrected chi connectivity index (χ2v) is 26.6. The number of amides is 2. The van der Waals surface area contributed by atoms with Crippen LogP contribution < -0.4 is 11.5 Å². The molecule has 8 heterocycles. The second-order valence-electron chi connectivity index (χ2n) is 20.1. The number of hydrogen-bond donors (Lipinski definition) is 5. The molecule has 5 aliphatic rings. The van der Waals surface area contributed by atoms with E-state index >= 15 is 0 Å². The van der Waals surface area contributed by atoms with Crippen LogP contribution in [0.2, 0.25) is 0 Å². The van der Waals surface area contributed by atoms with Crippen LogP contribution in [0.1, 0.15) is 105 Å². The summed E-state index contributed by atoms with van der Waals surface area (Å²) in [7, 11) is 0. The first-order valence-electron chi connectivity index (χ1n) is 26.5. The number of thiazole rings is 3. The van der Waals surface area contributed by atoms with Crippen molar-refractivity contribution in [1.29, 1.82) is 0 Å². The molecule has 5 aromatic rings. The average molecular weight is 1250 g/mol. The molecule has 3 fully saturated rings. The van der Waals surface area contributed by atoms with E-state index in [4.69, 9.17) is 20.9 Å². The summed E-state index contributed by atoms with van der Waals surface area (Å²) in [4.78, 5) is 57.8. The highest BCUT2D eigenvalue weighted by Gasteiger charge is 2.37. The van der Waals surface area contributed by atoms with Crippen LogP contribution in [-0.2, 0) is 22.3 Å². The van der Waals surface area contributed by atoms with Crippen molar-refractivity contribution in [3.8, 4) is 0 Å². The van der Waals surface area contributed by atoms with Gasteiger partial charge in [-0.1, -0.05) is 70.3 Å². The van der Waals surface area contributed by atoms with Gasteiger partial charge in [-0.2, -0.15) is 0 Å². The number of halogens is 1. The van der Waals surface area contributed by atoms with Crippen LogP contribution in [0, 0.1) is 17.8 Å². The monoisotopic (exact) mass is 1250 g/mol. The molecule has 3 aliphatic heterocycles. The molecule has 2 aliphatic carbocycles. The average Bonchev–Trinajstić information content (AvgIpc) is 4.30. The van der Waals surface area contributed by atoms with Crippen molar-refractivity contribution in [3.05, 3.63) is 86.0 Å². The van der Waals surface area contributed by atoms with Gasteiger partial charge >= 0.3 is 12.2 Å². The fourth-order valence-corrected chi connectivity index (χ4v) is 12.7. The van der Waals surface area contributed by atoms with Crippen molar-refractivity contribution in [1.82, 2.24) is 49.6 Å². The molecular weight excluding hydrogens is 1170 g/mol. The maximum Gasteiger partial charge on any atom is 0.410 e. The van der Waals surface area contributed by atoms with Crippen molar-refractivity contribution in [2.45, 2.75) is 134 Å². The number of aliphatic hydroxyl groups excluding tert-OH is 3. The molecule has 436 valence electrons. The fourth-order valence-electron chi connectivity index (χ4n) is 8.27. The van der Waals surface area contributed by atoms with E-state index in [-0.39, 0.29) is 36.0 Å². The molecule has 2 amide bonds. The predicted molar refractivity (Wildman–Crippen MR) is 326 cm³/mol. The number of nitrogens with two attached hydrogens (primary N) is 2. The van der Waals surface area contributed by atoms with Gasteiger partial charge in [-0.15, -0.1) is 34.0 Å². The molecule has 0 saturated carbocycles. The minimum atomic E-state index is -0.504. The summed E-state index contributed by atoms with van der Waals surface area (Å²) in [6.07, 6.45) is 15.3. The van der Waals surface area contributed by atoms with Gasteiger partial charge in [0.1, 0.15) is 44.2 Å². The Balaban J connectivity index is 0.000000221. The molecule has 79 heavy (non-hydrogen) atoms. The minimum absolute atomic E-state index is 0.0661. The van der Waals surface area contributed by atoms with Crippen LogP contribution in [0.3, 0.4) is 0 Å². The molecule has 7 N–H and O–H groups in total. The Hall–Kier alpha value is -4.31. The van der Waals surface area contributed by atoms with Gasteiger partial charge in [0, 0.05) is 108 Å². The lowest BCUT2D eigenvalue weighted by Crippen LogP contribution is -2.35. The summed E-state index contributed by atoms with van der Waals surface area (Å²) in [6.45, 7) is 25.4. The number of thioether (sulfide) groups is 2. The Morgan fingerprint density at radius 1 is 0.658 bits per heavy atom. The van der Waals surface area contributed by atoms with Crippen LogP contribution in [0.25, 0.3) is 11.6 Å². The van der Waals surface area contributed by atoms with Crippen LogP contribution in [0.15, 0.2) is 72.1 Å². The Labute approximate surface area is 495 Å². The third kappa shape index (κ3) is 22.5. The number of carbonyl (C=O) groups is 2. The molecular formula is C54H81BrN12O7S5. The Bertz CT molecular complexity index is 2620. The maximum atomic E-state index is 12.0. The van der Waals surface area contributed by atoms with E-state index < -0.39 is 23.4 Å². The highest BCUT2D eigenvalue weighted by molar-refractivity contribution is 9.11. The Morgan fingerprint density at radius 3 is 1.62 bits per heavy atom. The molecule has 19 nitrogen and oxygen atoms in total. The summed E-state index contributed by atoms with van der Waals surface area (Å²) in [5.41, 5.74) is 15.8. The number of nitrogens with zero attached hydrogens (tertiary/aromatic N) is 10. The standard InChI is InChI=1S/C16H19N5OS2.C13H20N2O3S2.C11H21NO3.C7H7N3.C3H2BrNS.2C2H6/c17-15-12-2-1-10(14(12)19-9-20-15)5-21-6-11(13(22)7-21)8-24-16-18-3-4-23-16;1-13(2,3)18-12(17)15-6-9(10(16)7-15)8-20-11-14-4-5-19-11;1-5-8-6-12(7-9(8)13)10(14)15-11(2,3)4;8-7-5-2-1-3-6(5)9-4-10-7;4-3-5-1-2-6-3;2*1-2/h1,3-4,9,11,13,22H,2,5-8H2,(H2,17,19,20);4-5,9-10,16H,6-8H2,1-3H3;8-9,13H,5-7H2,1-4H3;1,3-4H,2H2,(H2,8,9,10);1-2H;2*1-2H3/t11-,13+;9-,10+;8-,9-;;;;/m110..../s1. The summed E-state index contributed by atoms with van der Waals surface area (Å²) in [5.74, 6) is 3.37. The number of likely N-dealkylation sites (tertiary alicyclic amines) is 3.